The van der Waals surface area contributed by atoms with Gasteiger partial charge in [0.05, 0.1) is 6.33 Å². The molecule has 0 aliphatic heterocycles. The number of imidazole rings is 1. The number of aromatic nitrogens is 2. The molecule has 2 aromatic rings. The maximum Gasteiger partial charge on any atom is 0.131 e. The molecule has 17 heavy (non-hydrogen) atoms. The Morgan fingerprint density at radius 2 is 2.12 bits per heavy atom. The molecule has 88 valence electrons. The smallest absolute Gasteiger partial charge is 0.131 e. The molecule has 0 amide bonds. The highest BCUT2D eigenvalue weighted by Crippen LogP contribution is 2.25. The number of hydrogen-bond acceptors (Lipinski definition) is 2. The molecule has 3 heteroatoms. The Bertz CT molecular complexity index is 553. The number of rotatable bonds is 3. The van der Waals surface area contributed by atoms with Gasteiger partial charge in [-0.2, -0.15) is 0 Å². The zero-order valence-corrected chi connectivity index (χ0v) is 10.3. The molecule has 1 aromatic heterocycles. The van der Waals surface area contributed by atoms with Crippen LogP contribution in [0.1, 0.15) is 11.1 Å². The van der Waals surface area contributed by atoms with Crippen LogP contribution in [-0.2, 0) is 6.54 Å². The van der Waals surface area contributed by atoms with Crippen molar-refractivity contribution >= 4 is 5.82 Å². The summed E-state index contributed by atoms with van der Waals surface area (Å²) in [7, 11) is 0. The summed E-state index contributed by atoms with van der Waals surface area (Å²) in [5.74, 6) is 0.688. The maximum atomic E-state index is 6.06. The molecule has 2 rings (SSSR count). The van der Waals surface area contributed by atoms with Crippen molar-refractivity contribution in [3.63, 3.8) is 0 Å². The fraction of sp³-hybridized carbons (Fsp3) is 0.214. The Balaban J connectivity index is 2.46. The van der Waals surface area contributed by atoms with Crippen molar-refractivity contribution in [1.29, 1.82) is 0 Å². The first-order valence-electron chi connectivity index (χ1n) is 5.62. The van der Waals surface area contributed by atoms with Gasteiger partial charge < -0.3 is 10.3 Å². The second kappa shape index (κ2) is 4.45. The van der Waals surface area contributed by atoms with Gasteiger partial charge in [-0.3, -0.25) is 0 Å². The lowest BCUT2D eigenvalue weighted by Crippen LogP contribution is -2.00. The molecule has 0 saturated carbocycles. The molecule has 1 aromatic carbocycles. The molecular weight excluding hydrogens is 210 g/mol. The van der Waals surface area contributed by atoms with Gasteiger partial charge in [0, 0.05) is 12.1 Å². The minimum atomic E-state index is 0.684. The van der Waals surface area contributed by atoms with Crippen molar-refractivity contribution in [3.8, 4) is 11.3 Å². The Kier molecular flexibility index (Phi) is 3.00. The van der Waals surface area contributed by atoms with E-state index in [1.54, 1.807) is 6.33 Å². The minimum absolute atomic E-state index is 0.684. The number of nitrogen functional groups attached to an aromatic ring is 1. The van der Waals surface area contributed by atoms with Crippen LogP contribution in [0.15, 0.2) is 37.2 Å². The number of anilines is 1. The van der Waals surface area contributed by atoms with Gasteiger partial charge in [-0.25, -0.2) is 4.98 Å². The van der Waals surface area contributed by atoms with Gasteiger partial charge in [-0.1, -0.05) is 18.2 Å². The number of aryl methyl sites for hydroxylation is 2. The van der Waals surface area contributed by atoms with E-state index in [2.05, 4.69) is 43.6 Å². The quantitative estimate of drug-likeness (QED) is 0.819. The first-order chi connectivity index (χ1) is 8.13. The van der Waals surface area contributed by atoms with E-state index in [9.17, 15) is 0 Å². The third-order valence-electron chi connectivity index (χ3n) is 2.98. The van der Waals surface area contributed by atoms with E-state index in [-0.39, 0.29) is 0 Å². The van der Waals surface area contributed by atoms with E-state index in [1.165, 1.54) is 11.1 Å². The monoisotopic (exact) mass is 227 g/mol. The molecule has 1 heterocycles. The molecule has 0 atom stereocenters. The highest BCUT2D eigenvalue weighted by Gasteiger charge is 2.09. The fourth-order valence-corrected chi connectivity index (χ4v) is 1.79. The van der Waals surface area contributed by atoms with Gasteiger partial charge in [-0.05, 0) is 31.0 Å². The predicted molar refractivity (Wildman–Crippen MR) is 71.7 cm³/mol. The molecule has 3 nitrogen and oxygen atoms in total. The van der Waals surface area contributed by atoms with Crippen LogP contribution in [0.5, 0.6) is 0 Å². The summed E-state index contributed by atoms with van der Waals surface area (Å²) in [6.45, 7) is 8.57. The molecule has 0 radical (unpaired) electrons. The average molecular weight is 227 g/mol. The van der Waals surface area contributed by atoms with Crippen molar-refractivity contribution in [3.05, 3.63) is 48.3 Å². The zero-order chi connectivity index (χ0) is 12.4. The third-order valence-corrected chi connectivity index (χ3v) is 2.98. The number of nitrogens with zero attached hydrogens (tertiary/aromatic N) is 2. The van der Waals surface area contributed by atoms with Crippen LogP contribution >= 0.6 is 0 Å². The van der Waals surface area contributed by atoms with Gasteiger partial charge >= 0.3 is 0 Å². The Labute approximate surface area is 102 Å². The fourth-order valence-electron chi connectivity index (χ4n) is 1.79. The molecule has 0 aliphatic rings. The lowest BCUT2D eigenvalue weighted by Gasteiger charge is -2.05. The van der Waals surface area contributed by atoms with Crippen molar-refractivity contribution in [2.45, 2.75) is 20.4 Å². The standard InChI is InChI=1S/C14H17N3/c1-4-7-17-9-16-13(14(17)15)12-6-5-10(2)11(3)8-12/h4-6,8-9H,1,7,15H2,2-3H3. The van der Waals surface area contributed by atoms with Crippen LogP contribution in [0, 0.1) is 13.8 Å². The normalized spacial score (nSPS) is 10.5. The van der Waals surface area contributed by atoms with Gasteiger partial charge in [0.15, 0.2) is 0 Å². The Morgan fingerprint density at radius 1 is 1.35 bits per heavy atom. The second-order valence-electron chi connectivity index (χ2n) is 4.22. The van der Waals surface area contributed by atoms with Crippen LogP contribution in [0.25, 0.3) is 11.3 Å². The summed E-state index contributed by atoms with van der Waals surface area (Å²) in [6.07, 6.45) is 3.56. The lowest BCUT2D eigenvalue weighted by molar-refractivity contribution is 0.833. The summed E-state index contributed by atoms with van der Waals surface area (Å²) in [6, 6.07) is 6.27. The van der Waals surface area contributed by atoms with Crippen molar-refractivity contribution in [2.24, 2.45) is 0 Å². The van der Waals surface area contributed by atoms with E-state index in [0.717, 1.165) is 11.3 Å². The van der Waals surface area contributed by atoms with Gasteiger partial charge in [0.25, 0.3) is 0 Å². The van der Waals surface area contributed by atoms with Gasteiger partial charge in [0.1, 0.15) is 11.5 Å². The van der Waals surface area contributed by atoms with Crippen LogP contribution in [0.3, 0.4) is 0 Å². The zero-order valence-electron chi connectivity index (χ0n) is 10.3. The summed E-state index contributed by atoms with van der Waals surface area (Å²) in [4.78, 5) is 4.37. The summed E-state index contributed by atoms with van der Waals surface area (Å²) in [5, 5.41) is 0. The van der Waals surface area contributed by atoms with Crippen LogP contribution in [-0.4, -0.2) is 9.55 Å². The molecule has 0 saturated heterocycles. The Hall–Kier alpha value is -2.03. The summed E-state index contributed by atoms with van der Waals surface area (Å²) >= 11 is 0. The SMILES string of the molecule is C=CCn1cnc(-c2ccc(C)c(C)c2)c1N. The van der Waals surface area contributed by atoms with Gasteiger partial charge in [-0.15, -0.1) is 6.58 Å². The highest BCUT2D eigenvalue weighted by atomic mass is 15.1. The van der Waals surface area contributed by atoms with Crippen molar-refractivity contribution in [2.75, 3.05) is 5.73 Å². The van der Waals surface area contributed by atoms with Crippen molar-refractivity contribution in [1.82, 2.24) is 9.55 Å². The molecule has 0 unspecified atom stereocenters. The van der Waals surface area contributed by atoms with Gasteiger partial charge in [0.2, 0.25) is 0 Å². The van der Waals surface area contributed by atoms with E-state index in [0.29, 0.717) is 12.4 Å². The third kappa shape index (κ3) is 2.09. The highest BCUT2D eigenvalue weighted by molar-refractivity contribution is 5.71. The van der Waals surface area contributed by atoms with Crippen molar-refractivity contribution < 1.29 is 0 Å². The largest absolute Gasteiger partial charge is 0.383 e. The first kappa shape index (κ1) is 11.5. The molecule has 0 fully saturated rings. The van der Waals surface area contributed by atoms with Crippen LogP contribution < -0.4 is 5.73 Å². The van der Waals surface area contributed by atoms with E-state index in [4.69, 9.17) is 5.73 Å². The number of nitrogens with two attached hydrogens (primary N) is 1. The van der Waals surface area contributed by atoms with E-state index in [1.807, 2.05) is 10.6 Å². The number of allylic oxidation sites excluding steroid dienone is 1. The molecular formula is C14H17N3. The topological polar surface area (TPSA) is 43.8 Å². The average Bonchev–Trinajstić information content (AvgIpc) is 2.66. The Morgan fingerprint density at radius 3 is 2.76 bits per heavy atom. The number of benzene rings is 1. The maximum absolute atomic E-state index is 6.06. The second-order valence-corrected chi connectivity index (χ2v) is 4.22. The molecule has 0 aliphatic carbocycles. The molecule has 2 N–H and O–H groups in total. The molecule has 0 bridgehead atoms. The lowest BCUT2D eigenvalue weighted by atomic mass is 10.0. The van der Waals surface area contributed by atoms with Crippen LogP contribution in [0.4, 0.5) is 5.82 Å². The minimum Gasteiger partial charge on any atom is -0.383 e. The first-order valence-corrected chi connectivity index (χ1v) is 5.62. The predicted octanol–water partition coefficient (Wildman–Crippen LogP) is 2.94. The van der Waals surface area contributed by atoms with E-state index < -0.39 is 0 Å². The van der Waals surface area contributed by atoms with Crippen LogP contribution in [0.2, 0.25) is 0 Å². The summed E-state index contributed by atoms with van der Waals surface area (Å²) in [5.41, 5.74) is 10.5. The summed E-state index contributed by atoms with van der Waals surface area (Å²) < 4.78 is 1.89. The molecule has 0 spiro atoms. The number of hydrogen-bond donors (Lipinski definition) is 1. The van der Waals surface area contributed by atoms with E-state index >= 15 is 0 Å².